The van der Waals surface area contributed by atoms with E-state index in [0.717, 1.165) is 0 Å². The van der Waals surface area contributed by atoms with Crippen molar-refractivity contribution >= 4 is 23.5 Å². The summed E-state index contributed by atoms with van der Waals surface area (Å²) in [5.41, 5.74) is 1.13. The van der Waals surface area contributed by atoms with Crippen LogP contribution in [0.5, 0.6) is 6.01 Å². The summed E-state index contributed by atoms with van der Waals surface area (Å²) in [7, 11) is 1.42. The van der Waals surface area contributed by atoms with Crippen LogP contribution in [0.4, 0.5) is 16.4 Å². The average Bonchev–Trinajstić information content (AvgIpc) is 2.86. The minimum Gasteiger partial charge on any atom is -0.466 e. The van der Waals surface area contributed by atoms with Gasteiger partial charge in [0, 0.05) is 11.3 Å². The zero-order valence-corrected chi connectivity index (χ0v) is 10.9. The van der Waals surface area contributed by atoms with Gasteiger partial charge in [-0.1, -0.05) is 0 Å². The van der Waals surface area contributed by atoms with E-state index in [0.29, 0.717) is 11.3 Å². The van der Waals surface area contributed by atoms with E-state index in [-0.39, 0.29) is 17.7 Å². The van der Waals surface area contributed by atoms with E-state index >= 15 is 0 Å². The molecule has 2 rings (SSSR count). The fourth-order valence-corrected chi connectivity index (χ4v) is 1.45. The highest BCUT2D eigenvalue weighted by atomic mass is 16.5. The number of nitrogens with one attached hydrogen (secondary N) is 3. The van der Waals surface area contributed by atoms with E-state index in [1.807, 2.05) is 0 Å². The van der Waals surface area contributed by atoms with Gasteiger partial charge < -0.3 is 10.1 Å². The number of H-pyrrole nitrogens is 1. The number of rotatable bonds is 4. The molecular weight excluding hydrogens is 262 g/mol. The molecule has 8 heteroatoms. The zero-order valence-electron chi connectivity index (χ0n) is 10.9. The van der Waals surface area contributed by atoms with Crippen LogP contribution in [0.2, 0.25) is 0 Å². The zero-order chi connectivity index (χ0) is 14.5. The van der Waals surface area contributed by atoms with Gasteiger partial charge in [-0.3, -0.25) is 10.1 Å². The van der Waals surface area contributed by atoms with Gasteiger partial charge in [-0.15, -0.1) is 5.10 Å². The first-order valence-electron chi connectivity index (χ1n) is 5.74. The molecule has 0 radical (unpaired) electrons. The van der Waals surface area contributed by atoms with Gasteiger partial charge in [0.1, 0.15) is 0 Å². The minimum atomic E-state index is -0.487. The molecule has 0 aliphatic heterocycles. The second-order valence-corrected chi connectivity index (χ2v) is 3.88. The molecule has 104 valence electrons. The predicted octanol–water partition coefficient (Wildman–Crippen LogP) is 1.66. The fourth-order valence-electron chi connectivity index (χ4n) is 1.45. The maximum Gasteiger partial charge on any atom is 0.336 e. The van der Waals surface area contributed by atoms with Crippen molar-refractivity contribution in [1.29, 1.82) is 0 Å². The number of methoxy groups -OCH3 is 1. The Labute approximate surface area is 114 Å². The number of Topliss-reactive ketones (excluding diaryl/α,β-unsaturated/α-hetero) is 1. The lowest BCUT2D eigenvalue weighted by molar-refractivity contribution is 0.101. The molecule has 0 saturated carbocycles. The molecule has 0 aliphatic rings. The Balaban J connectivity index is 1.95. The summed E-state index contributed by atoms with van der Waals surface area (Å²) in [6.07, 6.45) is 0. The van der Waals surface area contributed by atoms with Gasteiger partial charge in [-0.05, 0) is 31.2 Å². The summed E-state index contributed by atoms with van der Waals surface area (Å²) in [6, 6.07) is 6.19. The summed E-state index contributed by atoms with van der Waals surface area (Å²) in [5, 5.41) is 11.2. The molecule has 0 unspecified atom stereocenters. The summed E-state index contributed by atoms with van der Waals surface area (Å²) >= 11 is 0. The van der Waals surface area contributed by atoms with Gasteiger partial charge >= 0.3 is 12.0 Å². The highest BCUT2D eigenvalue weighted by molar-refractivity contribution is 5.99. The smallest absolute Gasteiger partial charge is 0.336 e. The number of hydrogen-bond acceptors (Lipinski definition) is 5. The van der Waals surface area contributed by atoms with E-state index in [1.165, 1.54) is 14.0 Å². The Bertz CT molecular complexity index is 620. The van der Waals surface area contributed by atoms with Crippen molar-refractivity contribution < 1.29 is 14.3 Å². The van der Waals surface area contributed by atoms with Crippen LogP contribution < -0.4 is 15.4 Å². The van der Waals surface area contributed by atoms with Crippen LogP contribution in [0, 0.1) is 0 Å². The maximum absolute atomic E-state index is 11.7. The summed E-state index contributed by atoms with van der Waals surface area (Å²) in [4.78, 5) is 26.6. The normalized spacial score (nSPS) is 9.90. The van der Waals surface area contributed by atoms with Gasteiger partial charge in [-0.2, -0.15) is 4.98 Å². The van der Waals surface area contributed by atoms with Crippen molar-refractivity contribution in [3.05, 3.63) is 29.8 Å². The van der Waals surface area contributed by atoms with E-state index in [9.17, 15) is 9.59 Å². The van der Waals surface area contributed by atoms with Gasteiger partial charge in [0.15, 0.2) is 5.78 Å². The van der Waals surface area contributed by atoms with Gasteiger partial charge in [-0.25, -0.2) is 9.89 Å². The first-order chi connectivity index (χ1) is 9.58. The lowest BCUT2D eigenvalue weighted by Crippen LogP contribution is -2.20. The monoisotopic (exact) mass is 275 g/mol. The van der Waals surface area contributed by atoms with Crippen molar-refractivity contribution in [2.45, 2.75) is 6.92 Å². The number of amides is 2. The van der Waals surface area contributed by atoms with Crippen molar-refractivity contribution in [1.82, 2.24) is 15.2 Å². The molecular formula is C12H13N5O3. The number of benzene rings is 1. The molecule has 0 fully saturated rings. The quantitative estimate of drug-likeness (QED) is 0.735. The number of aromatic nitrogens is 3. The molecule has 8 nitrogen and oxygen atoms in total. The van der Waals surface area contributed by atoms with Gasteiger partial charge in [0.2, 0.25) is 5.95 Å². The van der Waals surface area contributed by atoms with E-state index < -0.39 is 6.03 Å². The van der Waals surface area contributed by atoms with Crippen LogP contribution in [0.15, 0.2) is 24.3 Å². The third-order valence-electron chi connectivity index (χ3n) is 2.43. The Morgan fingerprint density at radius 3 is 2.45 bits per heavy atom. The fraction of sp³-hybridized carbons (Fsp3) is 0.167. The molecule has 20 heavy (non-hydrogen) atoms. The Morgan fingerprint density at radius 2 is 1.90 bits per heavy atom. The van der Waals surface area contributed by atoms with Crippen LogP contribution in [0.25, 0.3) is 0 Å². The first-order valence-corrected chi connectivity index (χ1v) is 5.74. The third-order valence-corrected chi connectivity index (χ3v) is 2.43. The standard InChI is InChI=1S/C12H13N5O3/c1-7(18)8-3-5-9(6-4-8)13-11(19)14-10-15-12(20-2)17-16-10/h3-6H,1-2H3,(H3,13,14,15,16,17,19). The number of ketones is 1. The number of aromatic amines is 1. The molecule has 1 aromatic carbocycles. The second kappa shape index (κ2) is 5.83. The van der Waals surface area contributed by atoms with E-state index in [1.54, 1.807) is 24.3 Å². The summed E-state index contributed by atoms with van der Waals surface area (Å²) in [6.45, 7) is 1.48. The minimum absolute atomic E-state index is 0.0326. The Hall–Kier alpha value is -2.90. The molecule has 1 heterocycles. The lowest BCUT2D eigenvalue weighted by atomic mass is 10.1. The van der Waals surface area contributed by atoms with E-state index in [2.05, 4.69) is 25.8 Å². The topological polar surface area (TPSA) is 109 Å². The molecule has 2 aromatic rings. The number of ether oxygens (including phenoxy) is 1. The average molecular weight is 275 g/mol. The molecule has 0 aliphatic carbocycles. The van der Waals surface area contributed by atoms with Crippen LogP contribution in [0.1, 0.15) is 17.3 Å². The summed E-state index contributed by atoms with van der Waals surface area (Å²) < 4.78 is 4.77. The number of anilines is 2. The van der Waals surface area contributed by atoms with Crippen LogP contribution in [-0.4, -0.2) is 34.1 Å². The molecule has 2 amide bonds. The molecule has 0 spiro atoms. The second-order valence-electron chi connectivity index (χ2n) is 3.88. The maximum atomic E-state index is 11.7. The van der Waals surface area contributed by atoms with Gasteiger partial charge in [0.05, 0.1) is 7.11 Å². The van der Waals surface area contributed by atoms with Crippen molar-refractivity contribution in [3.63, 3.8) is 0 Å². The van der Waals surface area contributed by atoms with Crippen molar-refractivity contribution in [2.75, 3.05) is 17.7 Å². The highest BCUT2D eigenvalue weighted by Crippen LogP contribution is 2.11. The number of urea groups is 1. The molecule has 0 atom stereocenters. The molecule has 1 aromatic heterocycles. The third kappa shape index (κ3) is 3.31. The predicted molar refractivity (Wildman–Crippen MR) is 72.0 cm³/mol. The van der Waals surface area contributed by atoms with E-state index in [4.69, 9.17) is 4.74 Å². The molecule has 0 saturated heterocycles. The van der Waals surface area contributed by atoms with Crippen molar-refractivity contribution in [2.24, 2.45) is 0 Å². The number of carbonyl (C=O) groups excluding carboxylic acids is 2. The summed E-state index contributed by atoms with van der Waals surface area (Å²) in [5.74, 6) is 0.134. The Kier molecular flexibility index (Phi) is 3.94. The molecule has 3 N–H and O–H groups in total. The van der Waals surface area contributed by atoms with Crippen LogP contribution >= 0.6 is 0 Å². The van der Waals surface area contributed by atoms with Crippen LogP contribution in [0.3, 0.4) is 0 Å². The van der Waals surface area contributed by atoms with Crippen molar-refractivity contribution in [3.8, 4) is 6.01 Å². The van der Waals surface area contributed by atoms with Crippen LogP contribution in [-0.2, 0) is 0 Å². The number of nitrogens with zero attached hydrogens (tertiary/aromatic N) is 2. The highest BCUT2D eigenvalue weighted by Gasteiger charge is 2.07. The number of carbonyl (C=O) groups is 2. The molecule has 0 bridgehead atoms. The Morgan fingerprint density at radius 1 is 1.20 bits per heavy atom. The van der Waals surface area contributed by atoms with Gasteiger partial charge in [0.25, 0.3) is 0 Å². The largest absolute Gasteiger partial charge is 0.466 e. The lowest BCUT2D eigenvalue weighted by Gasteiger charge is -2.05. The first kappa shape index (κ1) is 13.5. The number of hydrogen-bond donors (Lipinski definition) is 3. The SMILES string of the molecule is COc1n[nH]c(NC(=O)Nc2ccc(C(C)=O)cc2)n1.